The highest BCUT2D eigenvalue weighted by atomic mass is 19.1. The van der Waals surface area contributed by atoms with Crippen molar-refractivity contribution in [2.75, 3.05) is 6.61 Å². The van der Waals surface area contributed by atoms with Crippen molar-refractivity contribution >= 4 is 22.8 Å². The van der Waals surface area contributed by atoms with E-state index in [0.29, 0.717) is 12.8 Å². The van der Waals surface area contributed by atoms with E-state index < -0.39 is 29.0 Å². The van der Waals surface area contributed by atoms with E-state index >= 15 is 0 Å². The third-order valence-corrected chi connectivity index (χ3v) is 5.01. The highest BCUT2D eigenvalue weighted by molar-refractivity contribution is 6.01. The molecule has 3 aromatic rings. The number of esters is 1. The molecule has 0 atom stereocenters. The third-order valence-electron chi connectivity index (χ3n) is 5.01. The fourth-order valence-electron chi connectivity index (χ4n) is 3.74. The normalized spacial score (nSPS) is 14.7. The Balaban J connectivity index is 1.67. The molecule has 4 rings (SSSR count). The van der Waals surface area contributed by atoms with Crippen molar-refractivity contribution in [2.45, 2.75) is 25.3 Å². The molecule has 28 heavy (non-hydrogen) atoms. The number of nitrogens with one attached hydrogen (secondary N) is 2. The van der Waals surface area contributed by atoms with Crippen LogP contribution >= 0.6 is 0 Å². The average molecular weight is 384 g/mol. The van der Waals surface area contributed by atoms with E-state index in [4.69, 9.17) is 4.74 Å². The molecule has 7 heteroatoms. The van der Waals surface area contributed by atoms with Gasteiger partial charge in [-0.3, -0.25) is 4.79 Å². The molecule has 1 heterocycles. The highest BCUT2D eigenvalue weighted by Crippen LogP contribution is 2.32. The van der Waals surface area contributed by atoms with Crippen molar-refractivity contribution in [2.24, 2.45) is 0 Å². The first kappa shape index (κ1) is 18.2. The Labute approximate surface area is 159 Å². The predicted octanol–water partition coefficient (Wildman–Crippen LogP) is 3.28. The van der Waals surface area contributed by atoms with Gasteiger partial charge in [0.15, 0.2) is 0 Å². The largest absolute Gasteiger partial charge is 0.464 e. The van der Waals surface area contributed by atoms with E-state index in [1.54, 1.807) is 6.92 Å². The Morgan fingerprint density at radius 2 is 1.82 bits per heavy atom. The number of aromatic nitrogens is 1. The summed E-state index contributed by atoms with van der Waals surface area (Å²) in [7, 11) is 0. The monoisotopic (exact) mass is 384 g/mol. The summed E-state index contributed by atoms with van der Waals surface area (Å²) in [6, 6.07) is 10.8. The molecule has 0 aliphatic heterocycles. The number of carbonyl (C=O) groups excluding carboxylic acids is 2. The van der Waals surface area contributed by atoms with Crippen molar-refractivity contribution in [3.63, 3.8) is 0 Å². The molecule has 1 aliphatic rings. The summed E-state index contributed by atoms with van der Waals surface area (Å²) in [6.07, 6.45) is 0.605. The molecule has 144 valence electrons. The number of hydrogen-bond donors (Lipinski definition) is 2. The summed E-state index contributed by atoms with van der Waals surface area (Å²) in [6.45, 7) is 1.88. The predicted molar refractivity (Wildman–Crippen MR) is 98.9 cm³/mol. The van der Waals surface area contributed by atoms with Gasteiger partial charge in [-0.25, -0.2) is 13.6 Å². The van der Waals surface area contributed by atoms with E-state index in [2.05, 4.69) is 10.3 Å². The van der Waals surface area contributed by atoms with Crippen LogP contribution in [0.15, 0.2) is 42.5 Å². The van der Waals surface area contributed by atoms with Gasteiger partial charge in [0.25, 0.3) is 5.91 Å². The Bertz CT molecular complexity index is 1070. The molecular formula is C21H18F2N2O3. The third kappa shape index (κ3) is 3.02. The van der Waals surface area contributed by atoms with Crippen LogP contribution in [0, 0.1) is 11.6 Å². The zero-order valence-electron chi connectivity index (χ0n) is 15.1. The highest BCUT2D eigenvalue weighted by Gasteiger charge is 2.46. The average Bonchev–Trinajstić information content (AvgIpc) is 3.23. The zero-order valence-corrected chi connectivity index (χ0v) is 15.1. The molecule has 2 aromatic carbocycles. The molecule has 0 saturated carbocycles. The summed E-state index contributed by atoms with van der Waals surface area (Å²) >= 11 is 0. The van der Waals surface area contributed by atoms with Crippen LogP contribution in [0.4, 0.5) is 8.78 Å². The summed E-state index contributed by atoms with van der Waals surface area (Å²) < 4.78 is 32.6. The van der Waals surface area contributed by atoms with Crippen LogP contribution in [-0.2, 0) is 22.4 Å². The molecule has 1 aromatic heterocycles. The van der Waals surface area contributed by atoms with Crippen molar-refractivity contribution in [3.05, 3.63) is 70.9 Å². The summed E-state index contributed by atoms with van der Waals surface area (Å²) in [5.41, 5.74) is 0.754. The lowest BCUT2D eigenvalue weighted by molar-refractivity contribution is -0.150. The first-order chi connectivity index (χ1) is 13.4. The van der Waals surface area contributed by atoms with Gasteiger partial charge in [0, 0.05) is 24.3 Å². The van der Waals surface area contributed by atoms with Gasteiger partial charge in [0.1, 0.15) is 22.9 Å². The SMILES string of the molecule is CCOC(=O)C1(NC(=O)c2cc3cc(F)cc(F)c3[nH]2)Cc2ccccc2C1. The number of rotatable bonds is 4. The summed E-state index contributed by atoms with van der Waals surface area (Å²) in [4.78, 5) is 28.3. The Hall–Kier alpha value is -3.22. The maximum atomic E-state index is 13.9. The van der Waals surface area contributed by atoms with Gasteiger partial charge >= 0.3 is 5.97 Å². The number of amides is 1. The number of hydrogen-bond acceptors (Lipinski definition) is 3. The molecule has 0 fully saturated rings. The number of fused-ring (bicyclic) bond motifs is 2. The molecule has 1 aliphatic carbocycles. The van der Waals surface area contributed by atoms with Crippen molar-refractivity contribution in [3.8, 4) is 0 Å². The van der Waals surface area contributed by atoms with Crippen LogP contribution in [-0.4, -0.2) is 29.0 Å². The maximum Gasteiger partial charge on any atom is 0.332 e. The minimum absolute atomic E-state index is 0.0337. The first-order valence-corrected chi connectivity index (χ1v) is 8.96. The van der Waals surface area contributed by atoms with Crippen LogP contribution in [0.3, 0.4) is 0 Å². The van der Waals surface area contributed by atoms with E-state index in [0.717, 1.165) is 23.3 Å². The lowest BCUT2D eigenvalue weighted by Crippen LogP contribution is -2.56. The fourth-order valence-corrected chi connectivity index (χ4v) is 3.74. The number of ether oxygens (including phenoxy) is 1. The van der Waals surface area contributed by atoms with Crippen LogP contribution < -0.4 is 5.32 Å². The van der Waals surface area contributed by atoms with E-state index in [9.17, 15) is 18.4 Å². The van der Waals surface area contributed by atoms with Gasteiger partial charge in [0.05, 0.1) is 12.1 Å². The quantitative estimate of drug-likeness (QED) is 0.678. The summed E-state index contributed by atoms with van der Waals surface area (Å²) in [5, 5.41) is 3.01. The lowest BCUT2D eigenvalue weighted by atomic mass is 9.95. The van der Waals surface area contributed by atoms with Gasteiger partial charge in [-0.2, -0.15) is 0 Å². The smallest absolute Gasteiger partial charge is 0.332 e. The van der Waals surface area contributed by atoms with E-state index in [1.807, 2.05) is 24.3 Å². The second-order valence-electron chi connectivity index (χ2n) is 6.91. The molecule has 5 nitrogen and oxygen atoms in total. The van der Waals surface area contributed by atoms with Gasteiger partial charge < -0.3 is 15.0 Å². The van der Waals surface area contributed by atoms with Crippen LogP contribution in [0.2, 0.25) is 0 Å². The first-order valence-electron chi connectivity index (χ1n) is 8.96. The Kier molecular flexibility index (Phi) is 4.37. The van der Waals surface area contributed by atoms with E-state index in [-0.39, 0.29) is 23.2 Å². The minimum Gasteiger partial charge on any atom is -0.464 e. The Morgan fingerprint density at radius 1 is 1.14 bits per heavy atom. The van der Waals surface area contributed by atoms with Crippen LogP contribution in [0.5, 0.6) is 0 Å². The maximum absolute atomic E-state index is 13.9. The molecule has 1 amide bonds. The van der Waals surface area contributed by atoms with Crippen molar-refractivity contribution < 1.29 is 23.1 Å². The van der Waals surface area contributed by atoms with Gasteiger partial charge in [0.2, 0.25) is 0 Å². The van der Waals surface area contributed by atoms with Gasteiger partial charge in [-0.1, -0.05) is 24.3 Å². The van der Waals surface area contributed by atoms with Crippen LogP contribution in [0.25, 0.3) is 10.9 Å². The molecular weight excluding hydrogens is 366 g/mol. The molecule has 0 radical (unpaired) electrons. The second-order valence-corrected chi connectivity index (χ2v) is 6.91. The molecule has 0 saturated heterocycles. The zero-order chi connectivity index (χ0) is 19.9. The second kappa shape index (κ2) is 6.74. The fraction of sp³-hybridized carbons (Fsp3) is 0.238. The van der Waals surface area contributed by atoms with Crippen molar-refractivity contribution in [1.29, 1.82) is 0 Å². The molecule has 2 N–H and O–H groups in total. The van der Waals surface area contributed by atoms with Gasteiger partial charge in [-0.05, 0) is 30.2 Å². The Morgan fingerprint density at radius 3 is 2.46 bits per heavy atom. The number of H-pyrrole nitrogens is 1. The number of aromatic amines is 1. The molecule has 0 bridgehead atoms. The molecule has 0 unspecified atom stereocenters. The van der Waals surface area contributed by atoms with E-state index in [1.165, 1.54) is 6.07 Å². The number of carbonyl (C=O) groups is 2. The number of benzene rings is 2. The minimum atomic E-state index is -1.24. The summed E-state index contributed by atoms with van der Waals surface area (Å²) in [5.74, 6) is -2.63. The van der Waals surface area contributed by atoms with Gasteiger partial charge in [-0.15, -0.1) is 0 Å². The van der Waals surface area contributed by atoms with Crippen molar-refractivity contribution in [1.82, 2.24) is 10.3 Å². The topological polar surface area (TPSA) is 71.2 Å². The van der Waals surface area contributed by atoms with Crippen LogP contribution in [0.1, 0.15) is 28.5 Å². The number of halogens is 2. The molecule has 0 spiro atoms. The standard InChI is InChI=1S/C21H18F2N2O3/c1-2-28-20(27)21(10-12-5-3-4-6-13(12)11-21)25-19(26)17-8-14-7-15(22)9-16(23)18(14)24-17/h3-9,24H,2,10-11H2,1H3,(H,25,26). The lowest BCUT2D eigenvalue weighted by Gasteiger charge is -2.27.